The molecule has 0 saturated carbocycles. The lowest BCUT2D eigenvalue weighted by atomic mass is 10.4. The van der Waals surface area contributed by atoms with Gasteiger partial charge in [0.1, 0.15) is 4.90 Å². The predicted octanol–water partition coefficient (Wildman–Crippen LogP) is 0.973. The maximum absolute atomic E-state index is 13.0. The Morgan fingerprint density at radius 3 is 2.38 bits per heavy atom. The van der Waals surface area contributed by atoms with Crippen molar-refractivity contribution in [2.45, 2.75) is 49.6 Å². The first-order valence-electron chi connectivity index (χ1n) is 7.17. The van der Waals surface area contributed by atoms with Crippen molar-refractivity contribution in [3.8, 4) is 0 Å². The van der Waals surface area contributed by atoms with Crippen LogP contribution in [-0.4, -0.2) is 52.6 Å². The highest BCUT2D eigenvalue weighted by Crippen LogP contribution is 2.31. The quantitative estimate of drug-likeness (QED) is 0.888. The summed E-state index contributed by atoms with van der Waals surface area (Å²) in [4.78, 5) is 0.349. The van der Waals surface area contributed by atoms with Gasteiger partial charge in [0.25, 0.3) is 0 Å². The first-order valence-corrected chi connectivity index (χ1v) is 9.55. The summed E-state index contributed by atoms with van der Waals surface area (Å²) in [5.74, 6) is 0. The molecule has 0 aliphatic carbocycles. The van der Waals surface area contributed by atoms with Crippen LogP contribution in [0.5, 0.6) is 0 Å². The number of sulfonamides is 1. The number of aromatic nitrogens is 2. The zero-order valence-corrected chi connectivity index (χ0v) is 14.7. The van der Waals surface area contributed by atoms with Crippen LogP contribution in [-0.2, 0) is 16.6 Å². The van der Waals surface area contributed by atoms with Crippen molar-refractivity contribution in [2.24, 2.45) is 5.73 Å². The first-order chi connectivity index (χ1) is 9.77. The van der Waals surface area contributed by atoms with Crippen LogP contribution in [0.15, 0.2) is 4.90 Å². The van der Waals surface area contributed by atoms with E-state index in [2.05, 4.69) is 18.9 Å². The summed E-state index contributed by atoms with van der Waals surface area (Å²) in [7, 11) is -3.49. The second-order valence-corrected chi connectivity index (χ2v) is 9.35. The number of rotatable bonds is 4. The molecule has 21 heavy (non-hydrogen) atoms. The van der Waals surface area contributed by atoms with Crippen molar-refractivity contribution in [3.05, 3.63) is 11.4 Å². The lowest BCUT2D eigenvalue weighted by Gasteiger charge is -2.33. The van der Waals surface area contributed by atoms with Gasteiger partial charge in [-0.1, -0.05) is 13.8 Å². The molecule has 1 aromatic heterocycles. The fourth-order valence-electron chi connectivity index (χ4n) is 2.85. The Morgan fingerprint density at radius 1 is 1.29 bits per heavy atom. The van der Waals surface area contributed by atoms with Crippen molar-refractivity contribution >= 4 is 21.8 Å². The molecule has 2 N–H and O–H groups in total. The summed E-state index contributed by atoms with van der Waals surface area (Å²) in [5.41, 5.74) is 6.79. The van der Waals surface area contributed by atoms with Gasteiger partial charge in [0.05, 0.1) is 17.9 Å². The zero-order chi connectivity index (χ0) is 15.8. The molecule has 6 nitrogen and oxygen atoms in total. The van der Waals surface area contributed by atoms with E-state index >= 15 is 0 Å². The Morgan fingerprint density at radius 2 is 1.86 bits per heavy atom. The van der Waals surface area contributed by atoms with Gasteiger partial charge in [-0.05, 0) is 13.8 Å². The van der Waals surface area contributed by atoms with E-state index in [1.807, 2.05) is 11.8 Å². The minimum absolute atomic E-state index is 0.309. The van der Waals surface area contributed by atoms with Gasteiger partial charge in [-0.15, -0.1) is 0 Å². The number of nitrogens with zero attached hydrogens (tertiary/aromatic N) is 3. The summed E-state index contributed by atoms with van der Waals surface area (Å²) in [6.45, 7) is 9.77. The molecule has 0 bridgehead atoms. The number of hydrogen-bond acceptors (Lipinski definition) is 5. The largest absolute Gasteiger partial charge is 0.329 e. The van der Waals surface area contributed by atoms with E-state index in [4.69, 9.17) is 5.73 Å². The van der Waals surface area contributed by atoms with Gasteiger partial charge in [0.2, 0.25) is 10.0 Å². The molecular formula is C13H24N4O2S2. The summed E-state index contributed by atoms with van der Waals surface area (Å²) < 4.78 is 29.2. The lowest BCUT2D eigenvalue weighted by Crippen LogP contribution is -2.44. The van der Waals surface area contributed by atoms with E-state index in [9.17, 15) is 8.42 Å². The normalized spacial score (nSPS) is 24.4. The molecule has 2 rings (SSSR count). The van der Waals surface area contributed by atoms with Crippen LogP contribution >= 0.6 is 11.8 Å². The third kappa shape index (κ3) is 3.28. The Hall–Kier alpha value is -0.570. The van der Waals surface area contributed by atoms with Crippen LogP contribution in [0, 0.1) is 13.8 Å². The van der Waals surface area contributed by atoms with Gasteiger partial charge in [-0.25, -0.2) is 8.42 Å². The van der Waals surface area contributed by atoms with Gasteiger partial charge in [0, 0.05) is 30.1 Å². The minimum Gasteiger partial charge on any atom is -0.329 e. The minimum atomic E-state index is -3.49. The molecule has 1 aliphatic heterocycles. The number of nitrogens with two attached hydrogens (primary N) is 1. The average Bonchev–Trinajstić information content (AvgIpc) is 2.64. The highest BCUT2D eigenvalue weighted by atomic mass is 32.2. The van der Waals surface area contributed by atoms with E-state index in [1.54, 1.807) is 22.8 Å². The molecule has 0 aromatic carbocycles. The van der Waals surface area contributed by atoms with Crippen LogP contribution in [0.3, 0.4) is 0 Å². The van der Waals surface area contributed by atoms with Gasteiger partial charge < -0.3 is 5.73 Å². The fraction of sp³-hybridized carbons (Fsp3) is 0.769. The molecule has 2 heterocycles. The Kier molecular flexibility index (Phi) is 5.02. The molecule has 1 aromatic rings. The van der Waals surface area contributed by atoms with Crippen LogP contribution in [0.25, 0.3) is 0 Å². The van der Waals surface area contributed by atoms with Crippen molar-refractivity contribution in [3.63, 3.8) is 0 Å². The standard InChI is InChI=1S/C13H24N4O2S2/c1-9-7-16(8-10(2)20-9)21(18,19)13-11(3)15-17(6-5-14)12(13)4/h9-10H,5-8,14H2,1-4H3. The average molecular weight is 332 g/mol. The summed E-state index contributed by atoms with van der Waals surface area (Å²) in [6.07, 6.45) is 0. The van der Waals surface area contributed by atoms with Gasteiger partial charge >= 0.3 is 0 Å². The zero-order valence-electron chi connectivity index (χ0n) is 13.0. The molecule has 8 heteroatoms. The summed E-state index contributed by atoms with van der Waals surface area (Å²) in [5, 5.41) is 4.94. The van der Waals surface area contributed by atoms with Gasteiger partial charge in [-0.3, -0.25) is 4.68 Å². The lowest BCUT2D eigenvalue weighted by molar-refractivity contribution is 0.404. The predicted molar refractivity (Wildman–Crippen MR) is 86.0 cm³/mol. The molecule has 2 unspecified atom stereocenters. The summed E-state index contributed by atoms with van der Waals surface area (Å²) >= 11 is 1.83. The van der Waals surface area contributed by atoms with Crippen molar-refractivity contribution in [1.82, 2.24) is 14.1 Å². The topological polar surface area (TPSA) is 81.2 Å². The molecule has 1 aliphatic rings. The molecular weight excluding hydrogens is 308 g/mol. The number of thioether (sulfide) groups is 1. The van der Waals surface area contributed by atoms with E-state index < -0.39 is 10.0 Å². The first kappa shape index (κ1) is 16.8. The molecule has 1 saturated heterocycles. The molecule has 1 fully saturated rings. The van der Waals surface area contributed by atoms with Gasteiger partial charge in [-0.2, -0.15) is 21.2 Å². The third-order valence-electron chi connectivity index (χ3n) is 3.64. The van der Waals surface area contributed by atoms with Crippen LogP contribution in [0.1, 0.15) is 25.2 Å². The SMILES string of the molecule is Cc1nn(CCN)c(C)c1S(=O)(=O)N1CC(C)SC(C)C1. The van der Waals surface area contributed by atoms with E-state index in [0.717, 1.165) is 0 Å². The highest BCUT2D eigenvalue weighted by molar-refractivity contribution is 8.00. The van der Waals surface area contributed by atoms with E-state index in [0.29, 0.717) is 53.0 Å². The van der Waals surface area contributed by atoms with Crippen LogP contribution < -0.4 is 5.73 Å². The van der Waals surface area contributed by atoms with Crippen molar-refractivity contribution in [2.75, 3.05) is 19.6 Å². The van der Waals surface area contributed by atoms with E-state index in [1.165, 1.54) is 0 Å². The molecule has 0 spiro atoms. The van der Waals surface area contributed by atoms with Gasteiger partial charge in [0.15, 0.2) is 0 Å². The second-order valence-electron chi connectivity index (χ2n) is 5.59. The maximum atomic E-state index is 13.0. The van der Waals surface area contributed by atoms with Crippen molar-refractivity contribution < 1.29 is 8.42 Å². The number of hydrogen-bond donors (Lipinski definition) is 1. The third-order valence-corrected chi connectivity index (χ3v) is 6.95. The maximum Gasteiger partial charge on any atom is 0.246 e. The molecule has 0 amide bonds. The molecule has 2 atom stereocenters. The molecule has 0 radical (unpaired) electrons. The highest BCUT2D eigenvalue weighted by Gasteiger charge is 2.35. The summed E-state index contributed by atoms with van der Waals surface area (Å²) in [6, 6.07) is 0. The molecule has 120 valence electrons. The van der Waals surface area contributed by atoms with E-state index in [-0.39, 0.29) is 0 Å². The Bertz CT molecular complexity index is 602. The van der Waals surface area contributed by atoms with Crippen molar-refractivity contribution in [1.29, 1.82) is 0 Å². The van der Waals surface area contributed by atoms with Crippen LogP contribution in [0.2, 0.25) is 0 Å². The number of aryl methyl sites for hydroxylation is 1. The second kappa shape index (κ2) is 6.28. The monoisotopic (exact) mass is 332 g/mol. The Labute approximate surface area is 131 Å². The Balaban J connectivity index is 2.40. The fourth-order valence-corrected chi connectivity index (χ4v) is 6.35. The van der Waals surface area contributed by atoms with Crippen LogP contribution in [0.4, 0.5) is 0 Å². The smallest absolute Gasteiger partial charge is 0.246 e.